The van der Waals surface area contributed by atoms with Crippen molar-refractivity contribution in [1.82, 2.24) is 0 Å². The maximum Gasteiger partial charge on any atom is 0.0379 e. The summed E-state index contributed by atoms with van der Waals surface area (Å²) in [6.45, 7) is 6.87. The minimum Gasteiger partial charge on any atom is -0.380 e. The molecule has 0 spiro atoms. The van der Waals surface area contributed by atoms with Crippen LogP contribution in [0.1, 0.15) is 51.5 Å². The van der Waals surface area contributed by atoms with Crippen LogP contribution >= 0.6 is 0 Å². The lowest BCUT2D eigenvalue weighted by molar-refractivity contribution is 0.418. The Balaban J connectivity index is 2.34. The molecule has 1 nitrogen and oxygen atoms in total. The highest BCUT2D eigenvalue weighted by Gasteiger charge is 2.30. The van der Waals surface area contributed by atoms with Gasteiger partial charge in [-0.25, -0.2) is 0 Å². The van der Waals surface area contributed by atoms with Crippen LogP contribution in [0, 0.1) is 0 Å². The van der Waals surface area contributed by atoms with Crippen molar-refractivity contribution in [3.63, 3.8) is 0 Å². The maximum absolute atomic E-state index is 3.62. The zero-order valence-corrected chi connectivity index (χ0v) is 10.0. The van der Waals surface area contributed by atoms with E-state index in [9.17, 15) is 0 Å². The van der Waals surface area contributed by atoms with E-state index in [1.54, 1.807) is 0 Å². The average molecular weight is 203 g/mol. The lowest BCUT2D eigenvalue weighted by atomic mass is 9.79. The van der Waals surface area contributed by atoms with Crippen LogP contribution in [0.2, 0.25) is 0 Å². The molecule has 15 heavy (non-hydrogen) atoms. The molecule has 0 saturated carbocycles. The first kappa shape index (κ1) is 10.5. The largest absolute Gasteiger partial charge is 0.380 e. The third-order valence-electron chi connectivity index (χ3n) is 3.27. The normalized spacial score (nSPS) is 23.0. The van der Waals surface area contributed by atoms with Gasteiger partial charge >= 0.3 is 0 Å². The zero-order valence-electron chi connectivity index (χ0n) is 10.0. The first-order chi connectivity index (χ1) is 7.12. The van der Waals surface area contributed by atoms with E-state index >= 15 is 0 Å². The molecule has 1 N–H and O–H groups in total. The molecule has 1 unspecified atom stereocenters. The number of para-hydroxylation sites is 1. The van der Waals surface area contributed by atoms with Gasteiger partial charge in [-0.15, -0.1) is 0 Å². The van der Waals surface area contributed by atoms with E-state index in [1.165, 1.54) is 30.5 Å². The molecular formula is C14H21N. The summed E-state index contributed by atoms with van der Waals surface area (Å²) in [5, 5.41) is 3.62. The first-order valence-electron chi connectivity index (χ1n) is 5.99. The van der Waals surface area contributed by atoms with Crippen molar-refractivity contribution >= 4 is 5.69 Å². The number of nitrogens with one attached hydrogen (secondary N) is 1. The number of rotatable bonds is 2. The Labute approximate surface area is 92.9 Å². The summed E-state index contributed by atoms with van der Waals surface area (Å²) in [7, 11) is 0. The van der Waals surface area contributed by atoms with Crippen LogP contribution in [0.15, 0.2) is 24.3 Å². The van der Waals surface area contributed by atoms with Crippen molar-refractivity contribution in [1.29, 1.82) is 0 Å². The van der Waals surface area contributed by atoms with E-state index in [4.69, 9.17) is 0 Å². The molecule has 0 saturated heterocycles. The van der Waals surface area contributed by atoms with Gasteiger partial charge in [0.05, 0.1) is 0 Å². The van der Waals surface area contributed by atoms with Crippen LogP contribution in [-0.4, -0.2) is 5.54 Å². The number of hydrogen-bond acceptors (Lipinski definition) is 1. The van der Waals surface area contributed by atoms with Crippen molar-refractivity contribution in [2.75, 3.05) is 5.32 Å². The lowest BCUT2D eigenvalue weighted by Gasteiger charge is -2.39. The summed E-state index contributed by atoms with van der Waals surface area (Å²) in [4.78, 5) is 0. The Kier molecular flexibility index (Phi) is 2.72. The van der Waals surface area contributed by atoms with E-state index in [0.29, 0.717) is 0 Å². The number of anilines is 1. The molecule has 1 atom stereocenters. The second kappa shape index (κ2) is 3.88. The fraction of sp³-hybridized carbons (Fsp3) is 0.571. The quantitative estimate of drug-likeness (QED) is 0.761. The molecule has 0 radical (unpaired) electrons. The monoisotopic (exact) mass is 203 g/mol. The van der Waals surface area contributed by atoms with E-state index in [1.807, 2.05) is 0 Å². The molecule has 1 aromatic carbocycles. The van der Waals surface area contributed by atoms with Crippen LogP contribution in [0.5, 0.6) is 0 Å². The minimum atomic E-state index is 0.244. The van der Waals surface area contributed by atoms with Crippen molar-refractivity contribution in [2.45, 2.75) is 51.5 Å². The third-order valence-corrected chi connectivity index (χ3v) is 3.27. The number of hydrogen-bond donors (Lipinski definition) is 1. The Hall–Kier alpha value is -0.980. The Morgan fingerprint density at radius 3 is 2.80 bits per heavy atom. The van der Waals surface area contributed by atoms with Gasteiger partial charge in [-0.2, -0.15) is 0 Å². The predicted octanol–water partition coefficient (Wildman–Crippen LogP) is 4.16. The standard InChI is InChI=1S/C14H21N/c1-4-7-11-10-14(2,3)15-13-9-6-5-8-12(11)13/h5-6,8-9,11,15H,4,7,10H2,1-3H3. The highest BCUT2D eigenvalue weighted by molar-refractivity contribution is 5.56. The Bertz CT molecular complexity index is 341. The van der Waals surface area contributed by atoms with Crippen LogP contribution in [0.25, 0.3) is 0 Å². The smallest absolute Gasteiger partial charge is 0.0379 e. The SMILES string of the molecule is CCCC1CC(C)(C)Nc2ccccc21. The average Bonchev–Trinajstić information content (AvgIpc) is 2.16. The highest BCUT2D eigenvalue weighted by Crippen LogP contribution is 2.40. The Morgan fingerprint density at radius 1 is 1.33 bits per heavy atom. The predicted molar refractivity (Wildman–Crippen MR) is 66.4 cm³/mol. The van der Waals surface area contributed by atoms with Gasteiger partial charge < -0.3 is 5.32 Å². The van der Waals surface area contributed by atoms with Crippen molar-refractivity contribution in [3.8, 4) is 0 Å². The second-order valence-corrected chi connectivity index (χ2v) is 5.29. The molecule has 0 fully saturated rings. The van der Waals surface area contributed by atoms with Crippen molar-refractivity contribution in [2.24, 2.45) is 0 Å². The Morgan fingerprint density at radius 2 is 2.07 bits per heavy atom. The summed E-state index contributed by atoms with van der Waals surface area (Å²) >= 11 is 0. The summed E-state index contributed by atoms with van der Waals surface area (Å²) in [6.07, 6.45) is 3.83. The molecule has 1 heteroatoms. The molecule has 0 aliphatic carbocycles. The van der Waals surface area contributed by atoms with E-state index in [2.05, 4.69) is 50.4 Å². The molecule has 2 rings (SSSR count). The van der Waals surface area contributed by atoms with Gasteiger partial charge in [0, 0.05) is 11.2 Å². The van der Waals surface area contributed by atoms with E-state index < -0.39 is 0 Å². The van der Waals surface area contributed by atoms with Gasteiger partial charge in [0.25, 0.3) is 0 Å². The molecule has 1 heterocycles. The van der Waals surface area contributed by atoms with Gasteiger partial charge in [0.1, 0.15) is 0 Å². The molecule has 1 aromatic rings. The fourth-order valence-electron chi connectivity index (χ4n) is 2.71. The molecular weight excluding hydrogens is 182 g/mol. The van der Waals surface area contributed by atoms with Gasteiger partial charge in [-0.05, 0) is 44.2 Å². The highest BCUT2D eigenvalue weighted by atomic mass is 15.0. The van der Waals surface area contributed by atoms with Crippen LogP contribution < -0.4 is 5.32 Å². The van der Waals surface area contributed by atoms with Crippen molar-refractivity contribution in [3.05, 3.63) is 29.8 Å². The topological polar surface area (TPSA) is 12.0 Å². The van der Waals surface area contributed by atoms with Crippen molar-refractivity contribution < 1.29 is 0 Å². The van der Waals surface area contributed by atoms with Crippen LogP contribution in [0.4, 0.5) is 5.69 Å². The van der Waals surface area contributed by atoms with E-state index in [-0.39, 0.29) is 5.54 Å². The molecule has 0 aromatic heterocycles. The third kappa shape index (κ3) is 2.17. The summed E-state index contributed by atoms with van der Waals surface area (Å²) in [5.41, 5.74) is 3.10. The summed E-state index contributed by atoms with van der Waals surface area (Å²) in [5.74, 6) is 0.738. The molecule has 1 aliphatic heterocycles. The van der Waals surface area contributed by atoms with Gasteiger partial charge in [-0.3, -0.25) is 0 Å². The summed E-state index contributed by atoms with van der Waals surface area (Å²) < 4.78 is 0. The molecule has 82 valence electrons. The number of benzene rings is 1. The van der Waals surface area contributed by atoms with Gasteiger partial charge in [-0.1, -0.05) is 31.5 Å². The maximum atomic E-state index is 3.62. The summed E-state index contributed by atoms with van der Waals surface area (Å²) in [6, 6.07) is 8.76. The minimum absolute atomic E-state index is 0.244. The lowest BCUT2D eigenvalue weighted by Crippen LogP contribution is -2.37. The number of fused-ring (bicyclic) bond motifs is 1. The zero-order chi connectivity index (χ0) is 10.9. The van der Waals surface area contributed by atoms with E-state index in [0.717, 1.165) is 5.92 Å². The van der Waals surface area contributed by atoms with Crippen LogP contribution in [0.3, 0.4) is 0 Å². The molecule has 0 bridgehead atoms. The van der Waals surface area contributed by atoms with Gasteiger partial charge in [0.2, 0.25) is 0 Å². The van der Waals surface area contributed by atoms with Gasteiger partial charge in [0.15, 0.2) is 0 Å². The fourth-order valence-corrected chi connectivity index (χ4v) is 2.71. The molecule has 1 aliphatic rings. The second-order valence-electron chi connectivity index (χ2n) is 5.29. The molecule has 0 amide bonds. The first-order valence-corrected chi connectivity index (χ1v) is 5.99. The van der Waals surface area contributed by atoms with Crippen LogP contribution in [-0.2, 0) is 0 Å².